The predicted molar refractivity (Wildman–Crippen MR) is 34.3 cm³/mol. The number of halogens is 1. The molecule has 2 nitrogen and oxygen atoms in total. The van der Waals surface area contributed by atoms with E-state index in [0.29, 0.717) is 6.04 Å². The van der Waals surface area contributed by atoms with E-state index < -0.39 is 0 Å². The summed E-state index contributed by atoms with van der Waals surface area (Å²) in [4.78, 5) is 0. The van der Waals surface area contributed by atoms with E-state index in [4.69, 9.17) is 11.8 Å². The zero-order valence-electron chi connectivity index (χ0n) is 4.76. The summed E-state index contributed by atoms with van der Waals surface area (Å²) < 4.78 is 1.58. The molecule has 0 fully saturated rings. The summed E-state index contributed by atoms with van der Waals surface area (Å²) in [6.07, 6.45) is 3.87. The highest BCUT2D eigenvalue weighted by molar-refractivity contribution is 6.14. The van der Waals surface area contributed by atoms with Crippen molar-refractivity contribution in [3.05, 3.63) is 12.3 Å². The maximum Gasteiger partial charge on any atom is 0.0840 e. The van der Waals surface area contributed by atoms with Crippen molar-refractivity contribution in [3.8, 4) is 0 Å². The van der Waals surface area contributed by atoms with E-state index in [9.17, 15) is 0 Å². The van der Waals surface area contributed by atoms with E-state index in [-0.39, 0.29) is 0 Å². The fourth-order valence-electron chi connectivity index (χ4n) is 0.574. The van der Waals surface area contributed by atoms with Crippen molar-refractivity contribution >= 4 is 11.8 Å². The molecule has 0 unspecified atom stereocenters. The highest BCUT2D eigenvalue weighted by atomic mass is 35.5. The first-order valence-electron chi connectivity index (χ1n) is 2.63. The van der Waals surface area contributed by atoms with E-state index in [2.05, 4.69) is 12.2 Å². The van der Waals surface area contributed by atoms with Gasteiger partial charge >= 0.3 is 0 Å². The van der Waals surface area contributed by atoms with Gasteiger partial charge in [-0.2, -0.15) is 0 Å². The second-order valence-electron chi connectivity index (χ2n) is 1.89. The minimum Gasteiger partial charge on any atom is -0.293 e. The maximum atomic E-state index is 5.57. The van der Waals surface area contributed by atoms with Crippen molar-refractivity contribution in [3.63, 3.8) is 0 Å². The van der Waals surface area contributed by atoms with Crippen LogP contribution in [-0.2, 0) is 0 Å². The van der Waals surface area contributed by atoms with Crippen LogP contribution in [0.5, 0.6) is 0 Å². The van der Waals surface area contributed by atoms with Gasteiger partial charge in [-0.1, -0.05) is 6.08 Å². The second-order valence-corrected chi connectivity index (χ2v) is 2.33. The van der Waals surface area contributed by atoms with E-state index >= 15 is 0 Å². The Morgan fingerprint density at radius 1 is 1.88 bits per heavy atom. The SMILES string of the molecule is C[C@@H]1C=CN(Cl)CN1. The molecule has 8 heavy (non-hydrogen) atoms. The minimum atomic E-state index is 0.463. The summed E-state index contributed by atoms with van der Waals surface area (Å²) in [5.41, 5.74) is 0. The number of nitrogens with one attached hydrogen (secondary N) is 1. The lowest BCUT2D eigenvalue weighted by molar-refractivity contribution is 0.458. The van der Waals surface area contributed by atoms with Crippen LogP contribution in [0.3, 0.4) is 0 Å². The van der Waals surface area contributed by atoms with Crippen molar-refractivity contribution in [2.45, 2.75) is 13.0 Å². The molecule has 0 amide bonds. The van der Waals surface area contributed by atoms with Crippen LogP contribution < -0.4 is 5.32 Å². The molecule has 0 aliphatic carbocycles. The summed E-state index contributed by atoms with van der Waals surface area (Å²) in [5, 5.41) is 3.14. The molecule has 1 atom stereocenters. The van der Waals surface area contributed by atoms with Crippen molar-refractivity contribution in [1.29, 1.82) is 0 Å². The fraction of sp³-hybridized carbons (Fsp3) is 0.600. The number of hydrogen-bond donors (Lipinski definition) is 1. The van der Waals surface area contributed by atoms with E-state index in [1.165, 1.54) is 0 Å². The van der Waals surface area contributed by atoms with Crippen molar-refractivity contribution < 1.29 is 0 Å². The van der Waals surface area contributed by atoms with Gasteiger partial charge in [0.2, 0.25) is 0 Å². The third-order valence-corrected chi connectivity index (χ3v) is 1.33. The number of hydrogen-bond acceptors (Lipinski definition) is 2. The smallest absolute Gasteiger partial charge is 0.0840 e. The Labute approximate surface area is 54.2 Å². The van der Waals surface area contributed by atoms with Crippen LogP contribution >= 0.6 is 11.8 Å². The molecule has 0 saturated heterocycles. The van der Waals surface area contributed by atoms with Gasteiger partial charge < -0.3 is 0 Å². The predicted octanol–water partition coefficient (Wildman–Crippen LogP) is 0.905. The molecular formula is C5H9ClN2. The summed E-state index contributed by atoms with van der Waals surface area (Å²) in [6.45, 7) is 2.82. The van der Waals surface area contributed by atoms with E-state index in [1.54, 1.807) is 4.42 Å². The molecule has 0 saturated carbocycles. The van der Waals surface area contributed by atoms with Crippen molar-refractivity contribution in [2.24, 2.45) is 0 Å². The van der Waals surface area contributed by atoms with Crippen LogP contribution in [0, 0.1) is 0 Å². The summed E-state index contributed by atoms with van der Waals surface area (Å²) in [6, 6.07) is 0.463. The van der Waals surface area contributed by atoms with Crippen LogP contribution in [0.25, 0.3) is 0 Å². The molecule has 1 heterocycles. The molecule has 0 spiro atoms. The molecule has 0 aromatic heterocycles. The molecule has 1 N–H and O–H groups in total. The Morgan fingerprint density at radius 2 is 2.62 bits per heavy atom. The van der Waals surface area contributed by atoms with E-state index in [0.717, 1.165) is 6.67 Å². The Hall–Kier alpha value is -0.210. The van der Waals surface area contributed by atoms with Crippen LogP contribution in [0.15, 0.2) is 12.3 Å². The fourth-order valence-corrected chi connectivity index (χ4v) is 0.708. The third-order valence-electron chi connectivity index (χ3n) is 1.10. The standard InChI is InChI=1S/C5H9ClN2/c1-5-2-3-8(6)4-7-5/h2-3,5,7H,4H2,1H3/t5-/m1/s1. The molecule has 0 aromatic rings. The van der Waals surface area contributed by atoms with Crippen molar-refractivity contribution in [1.82, 2.24) is 9.74 Å². The molecule has 0 bridgehead atoms. The van der Waals surface area contributed by atoms with Gasteiger partial charge in [0, 0.05) is 24.0 Å². The zero-order valence-corrected chi connectivity index (χ0v) is 5.52. The summed E-state index contributed by atoms with van der Waals surface area (Å²) >= 11 is 5.57. The summed E-state index contributed by atoms with van der Waals surface area (Å²) in [7, 11) is 0. The first kappa shape index (κ1) is 5.92. The first-order chi connectivity index (χ1) is 3.79. The molecule has 1 aliphatic rings. The third kappa shape index (κ3) is 1.39. The van der Waals surface area contributed by atoms with Crippen LogP contribution in [0.4, 0.5) is 0 Å². The molecule has 0 radical (unpaired) electrons. The van der Waals surface area contributed by atoms with E-state index in [1.807, 2.05) is 12.3 Å². The van der Waals surface area contributed by atoms with Crippen LogP contribution in [-0.4, -0.2) is 17.1 Å². The topological polar surface area (TPSA) is 15.3 Å². The van der Waals surface area contributed by atoms with Gasteiger partial charge in [-0.25, -0.2) is 0 Å². The first-order valence-corrected chi connectivity index (χ1v) is 2.97. The number of nitrogens with zero attached hydrogens (tertiary/aromatic N) is 1. The van der Waals surface area contributed by atoms with Gasteiger partial charge in [-0.3, -0.25) is 9.74 Å². The van der Waals surface area contributed by atoms with Gasteiger partial charge in [0.25, 0.3) is 0 Å². The van der Waals surface area contributed by atoms with Gasteiger partial charge in [0.15, 0.2) is 0 Å². The van der Waals surface area contributed by atoms with Crippen LogP contribution in [0.1, 0.15) is 6.92 Å². The highest BCUT2D eigenvalue weighted by Crippen LogP contribution is 2.00. The quantitative estimate of drug-likeness (QED) is 0.493. The Bertz CT molecular complexity index is 90.6. The largest absolute Gasteiger partial charge is 0.293 e. The second kappa shape index (κ2) is 2.37. The Morgan fingerprint density at radius 3 is 3.00 bits per heavy atom. The minimum absolute atomic E-state index is 0.463. The van der Waals surface area contributed by atoms with Gasteiger partial charge in [0.05, 0.1) is 6.67 Å². The highest BCUT2D eigenvalue weighted by Gasteiger charge is 2.03. The molecular weight excluding hydrogens is 124 g/mol. The average molecular weight is 133 g/mol. The molecule has 0 aromatic carbocycles. The van der Waals surface area contributed by atoms with Gasteiger partial charge in [0.1, 0.15) is 0 Å². The Balaban J connectivity index is 2.42. The van der Waals surface area contributed by atoms with Crippen molar-refractivity contribution in [2.75, 3.05) is 6.67 Å². The average Bonchev–Trinajstić information content (AvgIpc) is 1.77. The molecule has 3 heteroatoms. The molecule has 1 aliphatic heterocycles. The molecule has 46 valence electrons. The lowest BCUT2D eigenvalue weighted by Crippen LogP contribution is -2.34. The monoisotopic (exact) mass is 132 g/mol. The Kier molecular flexibility index (Phi) is 1.76. The molecule has 1 rings (SSSR count). The lowest BCUT2D eigenvalue weighted by atomic mass is 10.3. The van der Waals surface area contributed by atoms with Gasteiger partial charge in [-0.05, 0) is 6.92 Å². The zero-order chi connectivity index (χ0) is 5.98. The number of rotatable bonds is 0. The summed E-state index contributed by atoms with van der Waals surface area (Å²) in [5.74, 6) is 0. The lowest BCUT2D eigenvalue weighted by Gasteiger charge is -2.20. The maximum absolute atomic E-state index is 5.57. The van der Waals surface area contributed by atoms with Crippen LogP contribution in [0.2, 0.25) is 0 Å². The van der Waals surface area contributed by atoms with Gasteiger partial charge in [-0.15, -0.1) is 0 Å². The normalized spacial score (nSPS) is 28.8.